The number of likely N-dealkylation sites (N-methyl/N-ethyl adjacent to an activating group) is 1. The van der Waals surface area contributed by atoms with Gasteiger partial charge in [-0.25, -0.2) is 9.59 Å². The maximum atomic E-state index is 12.8. The summed E-state index contributed by atoms with van der Waals surface area (Å²) in [5, 5.41) is 3.44. The molecule has 1 atom stereocenters. The third kappa shape index (κ3) is 10.4. The van der Waals surface area contributed by atoms with E-state index in [1.165, 1.54) is 4.90 Å². The van der Waals surface area contributed by atoms with E-state index in [4.69, 9.17) is 31.5 Å². The molecule has 0 spiro atoms. The number of nitrogens with two attached hydrogens (primary N) is 1. The van der Waals surface area contributed by atoms with Crippen molar-refractivity contribution in [2.24, 2.45) is 11.7 Å². The Morgan fingerprint density at radius 3 is 2.18 bits per heavy atom. The normalized spacial score (nSPS) is 11.7. The summed E-state index contributed by atoms with van der Waals surface area (Å²) in [6.45, 7) is 7.77. The Morgan fingerprint density at radius 1 is 1.03 bits per heavy atom. The van der Waals surface area contributed by atoms with Crippen LogP contribution in [0.25, 0.3) is 0 Å². The molecule has 0 saturated heterocycles. The summed E-state index contributed by atoms with van der Waals surface area (Å²) in [7, 11) is 1.55. The summed E-state index contributed by atoms with van der Waals surface area (Å²) < 4.78 is 16.7. The number of nitrogens with one attached hydrogen (secondary N) is 1. The van der Waals surface area contributed by atoms with Gasteiger partial charge < -0.3 is 30.2 Å². The van der Waals surface area contributed by atoms with E-state index in [1.807, 2.05) is 12.1 Å². The predicted molar refractivity (Wildman–Crippen MR) is 149 cm³/mol. The molecule has 2 rings (SSSR count). The SMILES string of the molecule is CC(C)C(OC(=O)N(C)CCN)OC(=O)C(C)(C)Oc1ccc(CCNC(=O)c2ccc(Cl)cc2)cc1.Cl. The number of halogens is 2. The van der Waals surface area contributed by atoms with Gasteiger partial charge in [0.25, 0.3) is 12.2 Å². The molecular formula is C27H37Cl2N3O6. The van der Waals surface area contributed by atoms with Crippen LogP contribution in [0.15, 0.2) is 48.5 Å². The van der Waals surface area contributed by atoms with Crippen LogP contribution in [-0.2, 0) is 20.7 Å². The van der Waals surface area contributed by atoms with Crippen molar-refractivity contribution in [2.75, 3.05) is 26.7 Å². The summed E-state index contributed by atoms with van der Waals surface area (Å²) in [4.78, 5) is 38.6. The maximum Gasteiger partial charge on any atom is 0.412 e. The van der Waals surface area contributed by atoms with Crippen molar-refractivity contribution in [3.8, 4) is 5.75 Å². The number of benzene rings is 2. The van der Waals surface area contributed by atoms with E-state index in [-0.39, 0.29) is 30.8 Å². The smallest absolute Gasteiger partial charge is 0.412 e. The summed E-state index contributed by atoms with van der Waals surface area (Å²) in [5.41, 5.74) is 5.66. The fourth-order valence-corrected chi connectivity index (χ4v) is 3.23. The molecule has 0 fully saturated rings. The largest absolute Gasteiger partial charge is 0.476 e. The molecule has 0 aliphatic heterocycles. The van der Waals surface area contributed by atoms with Crippen molar-refractivity contribution in [3.63, 3.8) is 0 Å². The van der Waals surface area contributed by atoms with Gasteiger partial charge in [0.05, 0.1) is 0 Å². The molecule has 9 nitrogen and oxygen atoms in total. The van der Waals surface area contributed by atoms with Crippen molar-refractivity contribution in [2.45, 2.75) is 46.0 Å². The van der Waals surface area contributed by atoms with E-state index in [2.05, 4.69) is 5.32 Å². The average molecular weight is 571 g/mol. The van der Waals surface area contributed by atoms with Gasteiger partial charge in [0.2, 0.25) is 0 Å². The highest BCUT2D eigenvalue weighted by molar-refractivity contribution is 6.30. The molecule has 0 saturated carbocycles. The highest BCUT2D eigenvalue weighted by Crippen LogP contribution is 2.22. The average Bonchev–Trinajstić information content (AvgIpc) is 2.84. The number of esters is 1. The predicted octanol–water partition coefficient (Wildman–Crippen LogP) is 4.44. The van der Waals surface area contributed by atoms with Gasteiger partial charge in [-0.15, -0.1) is 12.4 Å². The number of nitrogens with zero attached hydrogens (tertiary/aromatic N) is 1. The van der Waals surface area contributed by atoms with Gasteiger partial charge in [0, 0.05) is 43.2 Å². The molecule has 2 aromatic rings. The lowest BCUT2D eigenvalue weighted by atomic mass is 10.1. The van der Waals surface area contributed by atoms with Gasteiger partial charge in [-0.05, 0) is 62.2 Å². The fraction of sp³-hybridized carbons (Fsp3) is 0.444. The minimum atomic E-state index is -1.34. The minimum absolute atomic E-state index is 0. The Balaban J connectivity index is 0.00000722. The number of ether oxygens (including phenoxy) is 3. The zero-order chi connectivity index (χ0) is 27.6. The third-order valence-electron chi connectivity index (χ3n) is 5.35. The number of hydrogen-bond donors (Lipinski definition) is 2. The molecule has 0 aliphatic rings. The Hall–Kier alpha value is -3.01. The van der Waals surface area contributed by atoms with Crippen LogP contribution in [0.1, 0.15) is 43.6 Å². The Morgan fingerprint density at radius 2 is 1.63 bits per heavy atom. The molecule has 2 aromatic carbocycles. The van der Waals surface area contributed by atoms with E-state index < -0.39 is 24.0 Å². The van der Waals surface area contributed by atoms with Crippen molar-refractivity contribution in [1.29, 1.82) is 0 Å². The lowest BCUT2D eigenvalue weighted by Gasteiger charge is -2.29. The minimum Gasteiger partial charge on any atom is -0.476 e. The molecule has 3 N–H and O–H groups in total. The molecule has 2 amide bonds. The van der Waals surface area contributed by atoms with Gasteiger partial charge in [-0.1, -0.05) is 37.6 Å². The molecule has 0 aliphatic carbocycles. The first-order valence-electron chi connectivity index (χ1n) is 12.1. The number of hydrogen-bond acceptors (Lipinski definition) is 7. The Bertz CT molecular complexity index is 1050. The molecule has 0 bridgehead atoms. The third-order valence-corrected chi connectivity index (χ3v) is 5.61. The standard InChI is InChI=1S/C27H36ClN3O6.ClH/c1-18(2)24(36-26(34)31(5)17-15-29)35-25(33)27(3,4)37-22-12-6-19(7-13-22)14-16-30-23(32)20-8-10-21(28)11-9-20;/h6-13,18,24H,14-17,29H2,1-5H3,(H,30,32);1H. The Kier molecular flexibility index (Phi) is 13.4. The topological polar surface area (TPSA) is 120 Å². The summed E-state index contributed by atoms with van der Waals surface area (Å²) in [6.07, 6.45) is -1.09. The lowest BCUT2D eigenvalue weighted by molar-refractivity contribution is -0.190. The summed E-state index contributed by atoms with van der Waals surface area (Å²) in [5.74, 6) is -0.645. The number of amides is 2. The van der Waals surface area contributed by atoms with Crippen LogP contribution in [0.5, 0.6) is 5.75 Å². The second kappa shape index (κ2) is 15.4. The monoisotopic (exact) mass is 569 g/mol. The second-order valence-electron chi connectivity index (χ2n) is 9.38. The van der Waals surface area contributed by atoms with Crippen molar-refractivity contribution < 1.29 is 28.6 Å². The van der Waals surface area contributed by atoms with Crippen LogP contribution in [-0.4, -0.2) is 61.4 Å². The first-order chi connectivity index (χ1) is 17.4. The van der Waals surface area contributed by atoms with E-state index in [1.54, 1.807) is 71.1 Å². The van der Waals surface area contributed by atoms with Crippen LogP contribution in [0.4, 0.5) is 4.79 Å². The maximum absolute atomic E-state index is 12.8. The number of carbonyl (C=O) groups excluding carboxylic acids is 3. The molecule has 0 aromatic heterocycles. The van der Waals surface area contributed by atoms with Gasteiger partial charge in [0.15, 0.2) is 5.60 Å². The molecule has 38 heavy (non-hydrogen) atoms. The van der Waals surface area contributed by atoms with Crippen molar-refractivity contribution in [3.05, 3.63) is 64.7 Å². The molecule has 0 radical (unpaired) electrons. The van der Waals surface area contributed by atoms with Crippen LogP contribution in [0, 0.1) is 5.92 Å². The van der Waals surface area contributed by atoms with Crippen molar-refractivity contribution >= 4 is 42.0 Å². The van der Waals surface area contributed by atoms with E-state index in [0.717, 1.165) is 5.56 Å². The number of rotatable bonds is 12. The zero-order valence-corrected chi connectivity index (χ0v) is 23.9. The highest BCUT2D eigenvalue weighted by Gasteiger charge is 2.36. The van der Waals surface area contributed by atoms with Gasteiger partial charge in [0.1, 0.15) is 5.75 Å². The van der Waals surface area contributed by atoms with E-state index >= 15 is 0 Å². The first kappa shape index (κ1) is 33.0. The van der Waals surface area contributed by atoms with Crippen LogP contribution < -0.4 is 15.8 Å². The van der Waals surface area contributed by atoms with Crippen LogP contribution in [0.2, 0.25) is 5.02 Å². The summed E-state index contributed by atoms with van der Waals surface area (Å²) >= 11 is 5.85. The van der Waals surface area contributed by atoms with E-state index in [0.29, 0.717) is 35.8 Å². The molecule has 210 valence electrons. The van der Waals surface area contributed by atoms with Gasteiger partial charge in [-0.3, -0.25) is 4.79 Å². The molecule has 1 unspecified atom stereocenters. The highest BCUT2D eigenvalue weighted by atomic mass is 35.5. The van der Waals surface area contributed by atoms with E-state index in [9.17, 15) is 14.4 Å². The molecule has 11 heteroatoms. The van der Waals surface area contributed by atoms with Crippen molar-refractivity contribution in [1.82, 2.24) is 10.2 Å². The van der Waals surface area contributed by atoms with Gasteiger partial charge in [-0.2, -0.15) is 0 Å². The summed E-state index contributed by atoms with van der Waals surface area (Å²) in [6, 6.07) is 13.9. The van der Waals surface area contributed by atoms with Gasteiger partial charge >= 0.3 is 12.1 Å². The Labute approximate surface area is 235 Å². The zero-order valence-electron chi connectivity index (χ0n) is 22.4. The second-order valence-corrected chi connectivity index (χ2v) is 9.82. The fourth-order valence-electron chi connectivity index (χ4n) is 3.10. The van der Waals surface area contributed by atoms with Crippen LogP contribution in [0.3, 0.4) is 0 Å². The molecular weight excluding hydrogens is 533 g/mol. The lowest BCUT2D eigenvalue weighted by Crippen LogP contribution is -2.44. The van der Waals surface area contributed by atoms with Crippen LogP contribution >= 0.6 is 24.0 Å². The molecule has 0 heterocycles. The quantitative estimate of drug-likeness (QED) is 0.286. The number of carbonyl (C=O) groups is 3. The first-order valence-corrected chi connectivity index (χ1v) is 12.5.